The van der Waals surface area contributed by atoms with Crippen molar-refractivity contribution in [1.82, 2.24) is 24.1 Å². The second-order valence-electron chi connectivity index (χ2n) is 8.39. The number of rotatable bonds is 6. The highest BCUT2D eigenvalue weighted by Gasteiger charge is 2.24. The maximum Gasteiger partial charge on any atom is 0.192 e. The van der Waals surface area contributed by atoms with Gasteiger partial charge in [-0.1, -0.05) is 24.4 Å². The van der Waals surface area contributed by atoms with Crippen molar-refractivity contribution >= 4 is 22.9 Å². The van der Waals surface area contributed by atoms with Gasteiger partial charge in [-0.05, 0) is 62.1 Å². The maximum absolute atomic E-state index is 5.45. The summed E-state index contributed by atoms with van der Waals surface area (Å²) < 4.78 is 9.33. The van der Waals surface area contributed by atoms with Gasteiger partial charge >= 0.3 is 0 Å². The fourth-order valence-corrected chi connectivity index (χ4v) is 4.66. The summed E-state index contributed by atoms with van der Waals surface area (Å²) in [5.74, 6) is 1.38. The molecule has 4 aromatic rings. The van der Waals surface area contributed by atoms with Crippen LogP contribution < -0.4 is 4.74 Å². The number of nitrogens with zero attached hydrogens (tertiary/aromatic N) is 6. The molecule has 1 aromatic carbocycles. The maximum atomic E-state index is 5.45. The highest BCUT2D eigenvalue weighted by molar-refractivity contribution is 5.94. The number of ether oxygens (including phenoxy) is 1. The zero-order chi connectivity index (χ0) is 22.1. The molecule has 8 heteroatoms. The zero-order valence-corrected chi connectivity index (χ0v) is 18.8. The molecule has 1 aliphatic rings. The number of aryl methyl sites for hydroxylation is 1. The van der Waals surface area contributed by atoms with Crippen LogP contribution in [0.1, 0.15) is 60.8 Å². The van der Waals surface area contributed by atoms with Crippen LogP contribution in [0.4, 0.5) is 0 Å². The van der Waals surface area contributed by atoms with E-state index in [0.717, 1.165) is 28.0 Å². The molecule has 32 heavy (non-hydrogen) atoms. The van der Waals surface area contributed by atoms with Gasteiger partial charge in [-0.15, -0.1) is 5.10 Å². The molecule has 1 aliphatic carbocycles. The number of oxime groups is 1. The summed E-state index contributed by atoms with van der Waals surface area (Å²) in [7, 11) is 1.64. The Morgan fingerprint density at radius 1 is 1.09 bits per heavy atom. The molecule has 0 N–H and O–H groups in total. The van der Waals surface area contributed by atoms with Crippen LogP contribution in [0.3, 0.4) is 0 Å². The quantitative estimate of drug-likeness (QED) is 0.324. The first-order valence-electron chi connectivity index (χ1n) is 11.2. The smallest absolute Gasteiger partial charge is 0.192 e. The molecule has 0 amide bonds. The van der Waals surface area contributed by atoms with Gasteiger partial charge in [-0.3, -0.25) is 0 Å². The highest BCUT2D eigenvalue weighted by atomic mass is 16.6. The van der Waals surface area contributed by atoms with E-state index in [9.17, 15) is 0 Å². The topological polar surface area (TPSA) is 78.8 Å². The molecule has 0 atom stereocenters. The Hall–Kier alpha value is -3.42. The summed E-state index contributed by atoms with van der Waals surface area (Å²) in [6.07, 6.45) is 9.76. The number of methoxy groups -OCH3 is 1. The summed E-state index contributed by atoms with van der Waals surface area (Å²) >= 11 is 0. The van der Waals surface area contributed by atoms with Crippen LogP contribution >= 0.6 is 0 Å². The third kappa shape index (κ3) is 3.70. The van der Waals surface area contributed by atoms with E-state index in [4.69, 9.17) is 19.5 Å². The van der Waals surface area contributed by atoms with E-state index in [-0.39, 0.29) is 6.61 Å². The lowest BCUT2D eigenvalue weighted by atomic mass is 9.95. The molecule has 0 unspecified atom stereocenters. The molecule has 5 rings (SSSR count). The van der Waals surface area contributed by atoms with Gasteiger partial charge in [-0.2, -0.15) is 0 Å². The van der Waals surface area contributed by atoms with Crippen LogP contribution in [-0.4, -0.2) is 37.5 Å². The largest absolute Gasteiger partial charge is 0.497 e. The van der Waals surface area contributed by atoms with Gasteiger partial charge in [0.15, 0.2) is 18.1 Å². The van der Waals surface area contributed by atoms with Crippen molar-refractivity contribution in [3.05, 3.63) is 53.2 Å². The second-order valence-corrected chi connectivity index (χ2v) is 8.39. The van der Waals surface area contributed by atoms with Gasteiger partial charge in [0.05, 0.1) is 18.7 Å². The Bertz CT molecular complexity index is 1270. The van der Waals surface area contributed by atoms with Crippen molar-refractivity contribution in [3.63, 3.8) is 0 Å². The first-order chi connectivity index (χ1) is 15.7. The fourth-order valence-electron chi connectivity index (χ4n) is 4.66. The SMILES string of the molecule is COc1ccc(/C=N\OCc2nc3c4c(C)c(C)n(C5CCCCC5)c4ncn3n2)cc1. The van der Waals surface area contributed by atoms with E-state index >= 15 is 0 Å². The molecule has 8 nitrogen and oxygen atoms in total. The van der Waals surface area contributed by atoms with Crippen molar-refractivity contribution in [3.8, 4) is 5.75 Å². The van der Waals surface area contributed by atoms with Crippen molar-refractivity contribution in [2.45, 2.75) is 58.6 Å². The number of hydrogen-bond donors (Lipinski definition) is 0. The first kappa shape index (κ1) is 20.5. The van der Waals surface area contributed by atoms with Crippen LogP contribution in [0.15, 0.2) is 35.7 Å². The van der Waals surface area contributed by atoms with Gasteiger partial charge in [-0.25, -0.2) is 14.5 Å². The molecule has 1 fully saturated rings. The van der Waals surface area contributed by atoms with Crippen molar-refractivity contribution in [2.24, 2.45) is 5.16 Å². The molecule has 0 aliphatic heterocycles. The van der Waals surface area contributed by atoms with Gasteiger partial charge in [0, 0.05) is 11.7 Å². The molecule has 0 bridgehead atoms. The molecule has 3 aromatic heterocycles. The molecule has 166 valence electrons. The van der Waals surface area contributed by atoms with E-state index in [2.05, 4.69) is 28.7 Å². The third-order valence-corrected chi connectivity index (χ3v) is 6.44. The van der Waals surface area contributed by atoms with Crippen molar-refractivity contribution < 1.29 is 9.57 Å². The van der Waals surface area contributed by atoms with E-state index in [1.807, 2.05) is 24.3 Å². The van der Waals surface area contributed by atoms with E-state index in [0.29, 0.717) is 11.9 Å². The number of hydrogen-bond acceptors (Lipinski definition) is 6. The summed E-state index contributed by atoms with van der Waals surface area (Å²) in [6.45, 7) is 4.54. The van der Waals surface area contributed by atoms with Crippen LogP contribution in [0.5, 0.6) is 5.75 Å². The number of benzene rings is 1. The molecular formula is C24H28N6O2. The Morgan fingerprint density at radius 2 is 1.88 bits per heavy atom. The van der Waals surface area contributed by atoms with E-state index < -0.39 is 0 Å². The molecule has 0 radical (unpaired) electrons. The van der Waals surface area contributed by atoms with Gasteiger partial charge in [0.25, 0.3) is 0 Å². The van der Waals surface area contributed by atoms with Gasteiger partial charge in [0.1, 0.15) is 17.7 Å². The van der Waals surface area contributed by atoms with Crippen molar-refractivity contribution in [1.29, 1.82) is 0 Å². The summed E-state index contributed by atoms with van der Waals surface area (Å²) in [5.41, 5.74) is 5.26. The van der Waals surface area contributed by atoms with Gasteiger partial charge < -0.3 is 14.1 Å². The summed E-state index contributed by atoms with van der Waals surface area (Å²) in [6, 6.07) is 8.12. The second kappa shape index (κ2) is 8.61. The predicted molar refractivity (Wildman–Crippen MR) is 123 cm³/mol. The van der Waals surface area contributed by atoms with Gasteiger partial charge in [0.2, 0.25) is 0 Å². The number of aromatic nitrogens is 5. The van der Waals surface area contributed by atoms with E-state index in [1.165, 1.54) is 43.4 Å². The minimum absolute atomic E-state index is 0.192. The Kier molecular flexibility index (Phi) is 5.51. The average molecular weight is 433 g/mol. The lowest BCUT2D eigenvalue weighted by Crippen LogP contribution is -2.14. The third-order valence-electron chi connectivity index (χ3n) is 6.44. The monoisotopic (exact) mass is 432 g/mol. The lowest BCUT2D eigenvalue weighted by Gasteiger charge is -2.25. The first-order valence-corrected chi connectivity index (χ1v) is 11.2. The predicted octanol–water partition coefficient (Wildman–Crippen LogP) is 4.76. The Balaban J connectivity index is 1.38. The summed E-state index contributed by atoms with van der Waals surface area (Å²) in [5, 5.41) is 9.67. The fraction of sp³-hybridized carbons (Fsp3) is 0.417. The summed E-state index contributed by atoms with van der Waals surface area (Å²) in [4.78, 5) is 15.0. The molecule has 1 saturated carbocycles. The standard InChI is InChI=1S/C24H28N6O2/c1-16-17(2)30(19-7-5-4-6-8-19)23-22(16)24-27-21(28-29(24)15-25-23)14-32-26-13-18-9-11-20(31-3)12-10-18/h9-13,15,19H,4-8,14H2,1-3H3/b26-13-. The minimum atomic E-state index is 0.192. The van der Waals surface area contributed by atoms with Crippen LogP contribution in [0.25, 0.3) is 16.7 Å². The Labute approximate surface area is 186 Å². The number of fused-ring (bicyclic) bond motifs is 3. The average Bonchev–Trinajstić information content (AvgIpc) is 3.36. The molecule has 3 heterocycles. The van der Waals surface area contributed by atoms with Crippen molar-refractivity contribution in [2.75, 3.05) is 7.11 Å². The van der Waals surface area contributed by atoms with Crippen LogP contribution in [0, 0.1) is 13.8 Å². The molecule has 0 saturated heterocycles. The van der Waals surface area contributed by atoms with Crippen LogP contribution in [0.2, 0.25) is 0 Å². The molecular weight excluding hydrogens is 404 g/mol. The van der Waals surface area contributed by atoms with Crippen LogP contribution in [-0.2, 0) is 11.4 Å². The minimum Gasteiger partial charge on any atom is -0.497 e. The van der Waals surface area contributed by atoms with E-state index in [1.54, 1.807) is 24.2 Å². The normalized spacial score (nSPS) is 15.2. The zero-order valence-electron chi connectivity index (χ0n) is 18.8. The Morgan fingerprint density at radius 3 is 2.62 bits per heavy atom. The molecule has 0 spiro atoms. The lowest BCUT2D eigenvalue weighted by molar-refractivity contribution is 0.126. The highest BCUT2D eigenvalue weighted by Crippen LogP contribution is 2.35.